The average Bonchev–Trinajstić information content (AvgIpc) is 2.81. The van der Waals surface area contributed by atoms with Gasteiger partial charge in [0.15, 0.2) is 6.29 Å². The van der Waals surface area contributed by atoms with Crippen molar-refractivity contribution in [1.29, 1.82) is 0 Å². The first kappa shape index (κ1) is 14.9. The lowest BCUT2D eigenvalue weighted by Gasteiger charge is -2.10. The molecule has 0 aliphatic rings. The number of thioether (sulfide) groups is 1. The van der Waals surface area contributed by atoms with E-state index in [1.54, 1.807) is 11.8 Å². The number of para-hydroxylation sites is 1. The van der Waals surface area contributed by atoms with Crippen molar-refractivity contribution < 1.29 is 4.79 Å². The van der Waals surface area contributed by atoms with Crippen LogP contribution in [0.3, 0.4) is 0 Å². The number of carbonyl (C=O) groups is 1. The Hall–Kier alpha value is -1.55. The van der Waals surface area contributed by atoms with Gasteiger partial charge in [-0.05, 0) is 25.0 Å². The molecule has 0 N–H and O–H groups in total. The summed E-state index contributed by atoms with van der Waals surface area (Å²) in [5, 5.41) is 5.47. The van der Waals surface area contributed by atoms with Crippen LogP contribution in [0.1, 0.15) is 36.3 Å². The Morgan fingerprint density at radius 3 is 2.65 bits per heavy atom. The van der Waals surface area contributed by atoms with Crippen molar-refractivity contribution >= 4 is 18.0 Å². The van der Waals surface area contributed by atoms with Gasteiger partial charge in [0.05, 0.1) is 16.9 Å². The minimum absolute atomic E-state index is 0.624. The van der Waals surface area contributed by atoms with Crippen LogP contribution in [0.25, 0.3) is 5.69 Å². The molecule has 0 aliphatic heterocycles. The van der Waals surface area contributed by atoms with Gasteiger partial charge in [-0.25, -0.2) is 4.68 Å². The maximum atomic E-state index is 11.3. The number of aldehydes is 1. The fraction of sp³-hybridized carbons (Fsp3) is 0.375. The van der Waals surface area contributed by atoms with Crippen molar-refractivity contribution in [2.24, 2.45) is 5.92 Å². The van der Waals surface area contributed by atoms with Gasteiger partial charge in [-0.15, -0.1) is 11.8 Å². The molecule has 1 atom stereocenters. The van der Waals surface area contributed by atoms with E-state index in [2.05, 4.69) is 18.9 Å². The zero-order chi connectivity index (χ0) is 14.5. The summed E-state index contributed by atoms with van der Waals surface area (Å²) in [6, 6.07) is 9.96. The molecule has 1 aromatic carbocycles. The van der Waals surface area contributed by atoms with Crippen LogP contribution in [0.5, 0.6) is 0 Å². The summed E-state index contributed by atoms with van der Waals surface area (Å²) < 4.78 is 1.88. The van der Waals surface area contributed by atoms with Crippen molar-refractivity contribution in [2.45, 2.75) is 32.2 Å². The maximum Gasteiger partial charge on any atom is 0.154 e. The number of hydrogen-bond donors (Lipinski definition) is 0. The molecule has 0 saturated heterocycles. The first-order valence-corrected chi connectivity index (χ1v) is 7.89. The molecule has 0 radical (unpaired) electrons. The zero-order valence-electron chi connectivity index (χ0n) is 12.2. The van der Waals surface area contributed by atoms with Crippen LogP contribution < -0.4 is 0 Å². The summed E-state index contributed by atoms with van der Waals surface area (Å²) in [6.07, 6.45) is 2.06. The van der Waals surface area contributed by atoms with E-state index < -0.39 is 0 Å². The lowest BCUT2D eigenvalue weighted by atomic mass is 10.2. The highest BCUT2D eigenvalue weighted by atomic mass is 32.2. The van der Waals surface area contributed by atoms with Crippen LogP contribution in [-0.2, 0) is 0 Å². The highest BCUT2D eigenvalue weighted by molar-refractivity contribution is 7.99. The van der Waals surface area contributed by atoms with Crippen LogP contribution in [0.4, 0.5) is 0 Å². The molecule has 0 amide bonds. The van der Waals surface area contributed by atoms with Gasteiger partial charge in [0, 0.05) is 5.75 Å². The molecule has 0 spiro atoms. The monoisotopic (exact) mass is 288 g/mol. The van der Waals surface area contributed by atoms with E-state index in [4.69, 9.17) is 0 Å². The van der Waals surface area contributed by atoms with Gasteiger partial charge in [-0.2, -0.15) is 5.10 Å². The summed E-state index contributed by atoms with van der Waals surface area (Å²) in [5.41, 5.74) is 2.49. The summed E-state index contributed by atoms with van der Waals surface area (Å²) in [5.74, 6) is 1.62. The number of benzene rings is 1. The Morgan fingerprint density at radius 1 is 1.35 bits per heavy atom. The van der Waals surface area contributed by atoms with Crippen LogP contribution in [0, 0.1) is 12.8 Å². The molecule has 1 unspecified atom stereocenters. The van der Waals surface area contributed by atoms with Crippen LogP contribution in [0.15, 0.2) is 35.4 Å². The molecule has 3 nitrogen and oxygen atoms in total. The number of nitrogens with zero attached hydrogens (tertiary/aromatic N) is 2. The molecular weight excluding hydrogens is 268 g/mol. The Bertz CT molecular complexity index is 578. The molecule has 4 heteroatoms. The molecule has 1 heterocycles. The summed E-state index contributed by atoms with van der Waals surface area (Å²) in [6.45, 7) is 6.30. The lowest BCUT2D eigenvalue weighted by molar-refractivity contribution is 0.112. The molecule has 0 fully saturated rings. The van der Waals surface area contributed by atoms with Crippen molar-refractivity contribution in [3.63, 3.8) is 0 Å². The number of carbonyl (C=O) groups excluding carboxylic acids is 1. The van der Waals surface area contributed by atoms with E-state index in [0.717, 1.165) is 34.9 Å². The van der Waals surface area contributed by atoms with Gasteiger partial charge < -0.3 is 0 Å². The predicted molar refractivity (Wildman–Crippen MR) is 83.9 cm³/mol. The van der Waals surface area contributed by atoms with Crippen molar-refractivity contribution in [3.05, 3.63) is 41.6 Å². The minimum atomic E-state index is 0.624. The Balaban J connectivity index is 2.39. The molecule has 106 valence electrons. The molecule has 0 saturated carbocycles. The normalized spacial score (nSPS) is 12.3. The quantitative estimate of drug-likeness (QED) is 0.592. The molecule has 0 bridgehead atoms. The van der Waals surface area contributed by atoms with Crippen LogP contribution in [-0.4, -0.2) is 21.8 Å². The van der Waals surface area contributed by atoms with E-state index in [0.29, 0.717) is 11.5 Å². The number of aromatic nitrogens is 2. The minimum Gasteiger partial charge on any atom is -0.298 e. The van der Waals surface area contributed by atoms with Gasteiger partial charge in [0.1, 0.15) is 5.03 Å². The molecule has 1 aromatic heterocycles. The van der Waals surface area contributed by atoms with Gasteiger partial charge in [-0.3, -0.25) is 4.79 Å². The highest BCUT2D eigenvalue weighted by Crippen LogP contribution is 2.29. The molecule has 20 heavy (non-hydrogen) atoms. The van der Waals surface area contributed by atoms with Gasteiger partial charge >= 0.3 is 0 Å². The third-order valence-corrected chi connectivity index (χ3v) is 4.78. The standard InChI is InChI=1S/C16H20N2OS/c1-4-12(2)11-20-16-15(10-19)13(3)17-18(16)14-8-6-5-7-9-14/h5-10,12H,4,11H2,1-3H3. The van der Waals surface area contributed by atoms with E-state index in [-0.39, 0.29) is 0 Å². The summed E-state index contributed by atoms with van der Waals surface area (Å²) >= 11 is 1.72. The van der Waals surface area contributed by atoms with Crippen molar-refractivity contribution in [2.75, 3.05) is 5.75 Å². The molecule has 2 aromatic rings. The third-order valence-electron chi connectivity index (χ3n) is 3.38. The number of aryl methyl sites for hydroxylation is 1. The van der Waals surface area contributed by atoms with E-state index in [9.17, 15) is 4.79 Å². The van der Waals surface area contributed by atoms with Crippen molar-refractivity contribution in [3.8, 4) is 5.69 Å². The second-order valence-corrected chi connectivity index (χ2v) is 6.00. The highest BCUT2D eigenvalue weighted by Gasteiger charge is 2.17. The third kappa shape index (κ3) is 3.12. The molecular formula is C16H20N2OS. The lowest BCUT2D eigenvalue weighted by Crippen LogP contribution is -2.02. The van der Waals surface area contributed by atoms with E-state index in [1.165, 1.54) is 0 Å². The second kappa shape index (κ2) is 6.75. The van der Waals surface area contributed by atoms with Crippen LogP contribution >= 0.6 is 11.8 Å². The van der Waals surface area contributed by atoms with Crippen LogP contribution in [0.2, 0.25) is 0 Å². The number of rotatable bonds is 6. The topological polar surface area (TPSA) is 34.9 Å². The zero-order valence-corrected chi connectivity index (χ0v) is 13.0. The first-order chi connectivity index (χ1) is 9.67. The molecule has 0 aliphatic carbocycles. The second-order valence-electron chi connectivity index (χ2n) is 4.99. The smallest absolute Gasteiger partial charge is 0.154 e. The average molecular weight is 288 g/mol. The fourth-order valence-electron chi connectivity index (χ4n) is 1.88. The SMILES string of the molecule is CCC(C)CSc1c(C=O)c(C)nn1-c1ccccc1. The Kier molecular flexibility index (Phi) is 5.01. The largest absolute Gasteiger partial charge is 0.298 e. The van der Waals surface area contributed by atoms with Gasteiger partial charge in [-0.1, -0.05) is 38.5 Å². The van der Waals surface area contributed by atoms with Gasteiger partial charge in [0.25, 0.3) is 0 Å². The predicted octanol–water partition coefficient (Wildman–Crippen LogP) is 4.13. The summed E-state index contributed by atoms with van der Waals surface area (Å²) in [7, 11) is 0. The summed E-state index contributed by atoms with van der Waals surface area (Å²) in [4.78, 5) is 11.3. The number of hydrogen-bond acceptors (Lipinski definition) is 3. The Morgan fingerprint density at radius 2 is 2.05 bits per heavy atom. The van der Waals surface area contributed by atoms with E-state index >= 15 is 0 Å². The Labute approximate surface area is 124 Å². The van der Waals surface area contributed by atoms with Gasteiger partial charge in [0.2, 0.25) is 0 Å². The molecule has 2 rings (SSSR count). The fourth-order valence-corrected chi connectivity index (χ4v) is 3.17. The maximum absolute atomic E-state index is 11.3. The first-order valence-electron chi connectivity index (χ1n) is 6.90. The van der Waals surface area contributed by atoms with E-state index in [1.807, 2.05) is 41.9 Å². The van der Waals surface area contributed by atoms with Crippen molar-refractivity contribution in [1.82, 2.24) is 9.78 Å².